The van der Waals surface area contributed by atoms with Crippen LogP contribution < -0.4 is 5.73 Å². The van der Waals surface area contributed by atoms with Gasteiger partial charge in [0.15, 0.2) is 0 Å². The van der Waals surface area contributed by atoms with E-state index in [4.69, 9.17) is 5.73 Å². The number of likely N-dealkylation sites (tertiary alicyclic amines) is 2. The molecule has 0 radical (unpaired) electrons. The van der Waals surface area contributed by atoms with Crippen LogP contribution in [0, 0.1) is 5.92 Å². The van der Waals surface area contributed by atoms with Crippen molar-refractivity contribution in [3.63, 3.8) is 0 Å². The first-order valence-corrected chi connectivity index (χ1v) is 6.95. The topological polar surface area (TPSA) is 49.6 Å². The van der Waals surface area contributed by atoms with E-state index in [1.54, 1.807) is 0 Å². The highest BCUT2D eigenvalue weighted by Crippen LogP contribution is 2.22. The molecule has 2 fully saturated rings. The maximum atomic E-state index is 12.3. The predicted molar refractivity (Wildman–Crippen MR) is 68.6 cm³/mol. The number of rotatable bonds is 4. The van der Waals surface area contributed by atoms with Gasteiger partial charge in [0.2, 0.25) is 5.91 Å². The second kappa shape index (κ2) is 5.83. The zero-order chi connectivity index (χ0) is 12.3. The molecule has 0 bridgehead atoms. The highest BCUT2D eigenvalue weighted by atomic mass is 16.2. The van der Waals surface area contributed by atoms with E-state index in [2.05, 4.69) is 11.8 Å². The van der Waals surface area contributed by atoms with Crippen LogP contribution in [0.2, 0.25) is 0 Å². The van der Waals surface area contributed by atoms with E-state index in [0.29, 0.717) is 11.8 Å². The second-order valence-corrected chi connectivity index (χ2v) is 5.44. The van der Waals surface area contributed by atoms with E-state index in [-0.39, 0.29) is 6.04 Å². The van der Waals surface area contributed by atoms with Gasteiger partial charge in [0.1, 0.15) is 0 Å². The molecule has 0 aromatic heterocycles. The third kappa shape index (κ3) is 2.99. The smallest absolute Gasteiger partial charge is 0.239 e. The van der Waals surface area contributed by atoms with Gasteiger partial charge >= 0.3 is 0 Å². The number of hydrogen-bond acceptors (Lipinski definition) is 3. The molecule has 2 unspecified atom stereocenters. The first kappa shape index (κ1) is 12.8. The molecule has 17 heavy (non-hydrogen) atoms. The van der Waals surface area contributed by atoms with Crippen molar-refractivity contribution in [3.05, 3.63) is 0 Å². The average molecular weight is 239 g/mol. The molecule has 2 N–H and O–H groups in total. The molecular weight excluding hydrogens is 214 g/mol. The summed E-state index contributed by atoms with van der Waals surface area (Å²) < 4.78 is 0. The molecule has 0 aromatic carbocycles. The zero-order valence-corrected chi connectivity index (χ0v) is 10.9. The number of nitrogens with zero attached hydrogens (tertiary/aromatic N) is 2. The highest BCUT2D eigenvalue weighted by molar-refractivity contribution is 5.81. The molecular formula is C13H25N3O. The minimum absolute atomic E-state index is 0.0656. The van der Waals surface area contributed by atoms with Crippen molar-refractivity contribution < 1.29 is 4.79 Å². The third-order valence-electron chi connectivity index (χ3n) is 4.22. The minimum atomic E-state index is 0.0656. The van der Waals surface area contributed by atoms with E-state index < -0.39 is 0 Å². The van der Waals surface area contributed by atoms with Crippen LogP contribution in [0.15, 0.2) is 0 Å². The summed E-state index contributed by atoms with van der Waals surface area (Å²) in [6.45, 7) is 6.87. The molecule has 2 saturated heterocycles. The number of amides is 1. The first-order chi connectivity index (χ1) is 8.22. The lowest BCUT2D eigenvalue weighted by Crippen LogP contribution is -2.45. The fraction of sp³-hybridized carbons (Fsp3) is 0.923. The van der Waals surface area contributed by atoms with Crippen molar-refractivity contribution >= 4 is 5.91 Å². The standard InChI is InChI=1S/C13H25N3O/c1-11(13(17)15-7-2-3-8-15)16-9-5-12(10-16)4-6-14/h11-12H,2-10,14H2,1H3. The Balaban J connectivity index is 1.83. The number of carbonyl (C=O) groups is 1. The molecule has 2 atom stereocenters. The quantitative estimate of drug-likeness (QED) is 0.784. The molecule has 2 aliphatic heterocycles. The molecule has 2 aliphatic rings. The zero-order valence-electron chi connectivity index (χ0n) is 10.9. The Morgan fingerprint density at radius 1 is 1.35 bits per heavy atom. The Hall–Kier alpha value is -0.610. The van der Waals surface area contributed by atoms with Crippen LogP contribution in [0.25, 0.3) is 0 Å². The van der Waals surface area contributed by atoms with Crippen molar-refractivity contribution in [2.75, 3.05) is 32.7 Å². The summed E-state index contributed by atoms with van der Waals surface area (Å²) in [6.07, 6.45) is 4.65. The Morgan fingerprint density at radius 3 is 2.71 bits per heavy atom. The largest absolute Gasteiger partial charge is 0.341 e. The Labute approximate surface area is 104 Å². The fourth-order valence-corrected chi connectivity index (χ4v) is 3.04. The van der Waals surface area contributed by atoms with Crippen LogP contribution in [0.1, 0.15) is 32.6 Å². The van der Waals surface area contributed by atoms with Gasteiger partial charge in [-0.05, 0) is 51.6 Å². The van der Waals surface area contributed by atoms with Gasteiger partial charge in [-0.3, -0.25) is 9.69 Å². The maximum Gasteiger partial charge on any atom is 0.239 e. The van der Waals surface area contributed by atoms with Crippen molar-refractivity contribution in [1.82, 2.24) is 9.80 Å². The normalized spacial score (nSPS) is 27.6. The van der Waals surface area contributed by atoms with E-state index in [0.717, 1.165) is 39.1 Å². The summed E-state index contributed by atoms with van der Waals surface area (Å²) in [5.74, 6) is 1.03. The van der Waals surface area contributed by atoms with Gasteiger partial charge in [-0.2, -0.15) is 0 Å². The highest BCUT2D eigenvalue weighted by Gasteiger charge is 2.32. The number of carbonyl (C=O) groups excluding carboxylic acids is 1. The molecule has 1 amide bonds. The van der Waals surface area contributed by atoms with Crippen molar-refractivity contribution in [1.29, 1.82) is 0 Å². The van der Waals surface area contributed by atoms with Crippen LogP contribution >= 0.6 is 0 Å². The van der Waals surface area contributed by atoms with Crippen LogP contribution in [-0.4, -0.2) is 54.5 Å². The molecule has 98 valence electrons. The lowest BCUT2D eigenvalue weighted by molar-refractivity contribution is -0.135. The minimum Gasteiger partial charge on any atom is -0.341 e. The van der Waals surface area contributed by atoms with Gasteiger partial charge in [-0.25, -0.2) is 0 Å². The molecule has 2 heterocycles. The van der Waals surface area contributed by atoms with Gasteiger partial charge in [-0.15, -0.1) is 0 Å². The molecule has 0 aliphatic carbocycles. The summed E-state index contributed by atoms with van der Waals surface area (Å²) in [7, 11) is 0. The Kier molecular flexibility index (Phi) is 4.40. The van der Waals surface area contributed by atoms with Gasteiger partial charge < -0.3 is 10.6 Å². The SMILES string of the molecule is CC(C(=O)N1CCCC1)N1CCC(CCN)C1. The van der Waals surface area contributed by atoms with Gasteiger partial charge in [0, 0.05) is 19.6 Å². The molecule has 4 nitrogen and oxygen atoms in total. The van der Waals surface area contributed by atoms with Crippen LogP contribution in [0.5, 0.6) is 0 Å². The molecule has 0 saturated carbocycles. The Morgan fingerprint density at radius 2 is 2.06 bits per heavy atom. The van der Waals surface area contributed by atoms with Gasteiger partial charge in [-0.1, -0.05) is 0 Å². The Bertz CT molecular complexity index is 263. The van der Waals surface area contributed by atoms with Crippen LogP contribution in [0.4, 0.5) is 0 Å². The summed E-state index contributed by atoms with van der Waals surface area (Å²) in [5.41, 5.74) is 5.60. The third-order valence-corrected chi connectivity index (χ3v) is 4.22. The van der Waals surface area contributed by atoms with E-state index >= 15 is 0 Å². The van der Waals surface area contributed by atoms with Crippen LogP contribution in [0.3, 0.4) is 0 Å². The van der Waals surface area contributed by atoms with E-state index in [9.17, 15) is 4.79 Å². The van der Waals surface area contributed by atoms with E-state index in [1.165, 1.54) is 19.3 Å². The number of hydrogen-bond donors (Lipinski definition) is 1. The summed E-state index contributed by atoms with van der Waals surface area (Å²) >= 11 is 0. The summed E-state index contributed by atoms with van der Waals surface area (Å²) in [5, 5.41) is 0. The molecule has 0 aromatic rings. The fourth-order valence-electron chi connectivity index (χ4n) is 3.04. The van der Waals surface area contributed by atoms with Gasteiger partial charge in [0.25, 0.3) is 0 Å². The predicted octanol–water partition coefficient (Wildman–Crippen LogP) is 0.668. The monoisotopic (exact) mass is 239 g/mol. The van der Waals surface area contributed by atoms with E-state index in [1.807, 2.05) is 4.90 Å². The average Bonchev–Trinajstić information content (AvgIpc) is 2.98. The molecule has 4 heteroatoms. The maximum absolute atomic E-state index is 12.3. The van der Waals surface area contributed by atoms with Crippen molar-refractivity contribution in [2.24, 2.45) is 11.7 Å². The van der Waals surface area contributed by atoms with Crippen LogP contribution in [-0.2, 0) is 4.79 Å². The van der Waals surface area contributed by atoms with Gasteiger partial charge in [0.05, 0.1) is 6.04 Å². The molecule has 0 spiro atoms. The lowest BCUT2D eigenvalue weighted by atomic mass is 10.1. The lowest BCUT2D eigenvalue weighted by Gasteiger charge is -2.27. The summed E-state index contributed by atoms with van der Waals surface area (Å²) in [6, 6.07) is 0.0656. The first-order valence-electron chi connectivity index (χ1n) is 6.95. The van der Waals surface area contributed by atoms with Crippen molar-refractivity contribution in [3.8, 4) is 0 Å². The van der Waals surface area contributed by atoms with Crippen molar-refractivity contribution in [2.45, 2.75) is 38.6 Å². The number of nitrogens with two attached hydrogens (primary N) is 1. The molecule has 2 rings (SSSR count). The second-order valence-electron chi connectivity index (χ2n) is 5.44. The summed E-state index contributed by atoms with van der Waals surface area (Å²) in [4.78, 5) is 16.6.